The van der Waals surface area contributed by atoms with Gasteiger partial charge in [0.25, 0.3) is 11.7 Å². The second-order valence-corrected chi connectivity index (χ2v) is 9.34. The Morgan fingerprint density at radius 1 is 0.971 bits per heavy atom. The lowest BCUT2D eigenvalue weighted by Crippen LogP contribution is -2.37. The fraction of sp³-hybridized carbons (Fsp3) is 0.429. The van der Waals surface area contributed by atoms with Gasteiger partial charge in [-0.25, -0.2) is 0 Å². The summed E-state index contributed by atoms with van der Waals surface area (Å²) in [7, 11) is 4.67. The number of hydrogen-bond donors (Lipinski definition) is 1. The van der Waals surface area contributed by atoms with Crippen molar-refractivity contribution in [3.8, 4) is 17.2 Å². The van der Waals surface area contributed by atoms with Crippen molar-refractivity contribution in [2.24, 2.45) is 0 Å². The van der Waals surface area contributed by atoms with Crippen molar-refractivity contribution in [2.75, 3.05) is 21.3 Å². The molecule has 1 saturated heterocycles. The molecule has 2 aromatic carbocycles. The van der Waals surface area contributed by atoms with Gasteiger partial charge in [0.05, 0.1) is 32.9 Å². The lowest BCUT2D eigenvalue weighted by molar-refractivity contribution is -0.141. The molecule has 1 heterocycles. The average Bonchev–Trinajstić information content (AvgIpc) is 3.49. The van der Waals surface area contributed by atoms with Gasteiger partial charge in [-0.2, -0.15) is 0 Å². The first-order valence-electron chi connectivity index (χ1n) is 12.0. The second-order valence-electron chi connectivity index (χ2n) is 9.34. The first-order valence-corrected chi connectivity index (χ1v) is 12.0. The van der Waals surface area contributed by atoms with Gasteiger partial charge in [-0.05, 0) is 48.6 Å². The molecule has 0 aromatic heterocycles. The SMILES string of the molecule is COc1ccc(/C(O)=C2/C(=O)C(=O)N(C3CCCC3)C2c2cccc(OC)c2OC)cc1C(C)C. The summed E-state index contributed by atoms with van der Waals surface area (Å²) < 4.78 is 16.7. The molecule has 7 heteroatoms. The molecule has 2 fully saturated rings. The van der Waals surface area contributed by atoms with Crippen LogP contribution in [-0.4, -0.2) is 49.1 Å². The Bertz CT molecular complexity index is 1160. The summed E-state index contributed by atoms with van der Waals surface area (Å²) in [6, 6.07) is 9.83. The molecule has 35 heavy (non-hydrogen) atoms. The van der Waals surface area contributed by atoms with Gasteiger partial charge in [-0.1, -0.05) is 38.8 Å². The summed E-state index contributed by atoms with van der Waals surface area (Å²) >= 11 is 0. The lowest BCUT2D eigenvalue weighted by atomic mass is 9.92. The first-order chi connectivity index (χ1) is 16.8. The maximum absolute atomic E-state index is 13.5. The van der Waals surface area contributed by atoms with Gasteiger partial charge in [-0.15, -0.1) is 0 Å². The van der Waals surface area contributed by atoms with E-state index in [-0.39, 0.29) is 23.3 Å². The summed E-state index contributed by atoms with van der Waals surface area (Å²) in [6.45, 7) is 4.06. The molecule has 2 aromatic rings. The van der Waals surface area contributed by atoms with E-state index in [9.17, 15) is 14.7 Å². The molecular formula is C28H33NO6. The number of carbonyl (C=O) groups excluding carboxylic acids is 2. The molecule has 1 amide bonds. The molecule has 1 atom stereocenters. The number of rotatable bonds is 7. The van der Waals surface area contributed by atoms with Crippen LogP contribution in [0, 0.1) is 0 Å². The standard InChI is InChI=1S/C28H33NO6/c1-16(2)20-15-17(13-14-21(20)33-3)25(30)23-24(19-11-8-12-22(34-4)27(19)35-5)29(28(32)26(23)31)18-9-6-7-10-18/h8,11-16,18,24,30H,6-7,9-10H2,1-5H3/b25-23-. The number of amides is 1. The predicted octanol–water partition coefficient (Wildman–Crippen LogP) is 5.20. The van der Waals surface area contributed by atoms with Gasteiger partial charge in [0, 0.05) is 17.2 Å². The maximum Gasteiger partial charge on any atom is 0.295 e. The zero-order chi connectivity index (χ0) is 25.3. The van der Waals surface area contributed by atoms with Crippen molar-refractivity contribution in [3.63, 3.8) is 0 Å². The van der Waals surface area contributed by atoms with Crippen molar-refractivity contribution in [1.82, 2.24) is 4.90 Å². The fourth-order valence-corrected chi connectivity index (χ4v) is 5.33. The topological polar surface area (TPSA) is 85.3 Å². The monoisotopic (exact) mass is 479 g/mol. The highest BCUT2D eigenvalue weighted by molar-refractivity contribution is 6.46. The number of hydrogen-bond acceptors (Lipinski definition) is 6. The third-order valence-corrected chi connectivity index (χ3v) is 7.05. The zero-order valence-corrected chi connectivity index (χ0v) is 21.0. The Morgan fingerprint density at radius 3 is 2.26 bits per heavy atom. The molecule has 1 saturated carbocycles. The number of benzene rings is 2. The Hall–Kier alpha value is -3.48. The molecule has 1 aliphatic carbocycles. The maximum atomic E-state index is 13.5. The molecule has 7 nitrogen and oxygen atoms in total. The number of aliphatic hydroxyl groups excluding tert-OH is 1. The molecule has 4 rings (SSSR count). The van der Waals surface area contributed by atoms with Gasteiger partial charge in [0.15, 0.2) is 11.5 Å². The predicted molar refractivity (Wildman–Crippen MR) is 133 cm³/mol. The summed E-state index contributed by atoms with van der Waals surface area (Å²) in [5.41, 5.74) is 2.04. The average molecular weight is 480 g/mol. The van der Waals surface area contributed by atoms with Crippen LogP contribution in [0.1, 0.15) is 68.2 Å². The van der Waals surface area contributed by atoms with Crippen LogP contribution in [0.5, 0.6) is 17.2 Å². The highest BCUT2D eigenvalue weighted by Crippen LogP contribution is 2.48. The third-order valence-electron chi connectivity index (χ3n) is 7.05. The van der Waals surface area contributed by atoms with E-state index in [1.165, 1.54) is 7.11 Å². The number of carbonyl (C=O) groups is 2. The number of ketones is 1. The van der Waals surface area contributed by atoms with Crippen LogP contribution in [0.4, 0.5) is 0 Å². The van der Waals surface area contributed by atoms with Crippen LogP contribution in [-0.2, 0) is 9.59 Å². The van der Waals surface area contributed by atoms with Gasteiger partial charge >= 0.3 is 0 Å². The molecular weight excluding hydrogens is 446 g/mol. The van der Waals surface area contributed by atoms with Gasteiger partial charge in [-0.3, -0.25) is 9.59 Å². The second kappa shape index (κ2) is 10.0. The Labute approximate surface area is 206 Å². The number of aliphatic hydroxyl groups is 1. The molecule has 0 spiro atoms. The number of Topliss-reactive ketones (excluding diaryl/α,β-unsaturated/α-hetero) is 1. The van der Waals surface area contributed by atoms with Gasteiger partial charge in [0.2, 0.25) is 0 Å². The molecule has 186 valence electrons. The van der Waals surface area contributed by atoms with E-state index in [4.69, 9.17) is 14.2 Å². The minimum atomic E-state index is -0.784. The van der Waals surface area contributed by atoms with Crippen LogP contribution < -0.4 is 14.2 Å². The summed E-state index contributed by atoms with van der Waals surface area (Å²) in [4.78, 5) is 28.5. The summed E-state index contributed by atoms with van der Waals surface area (Å²) in [6.07, 6.45) is 3.61. The van der Waals surface area contributed by atoms with E-state index in [0.717, 1.165) is 31.2 Å². The van der Waals surface area contributed by atoms with Crippen LogP contribution in [0.25, 0.3) is 5.76 Å². The molecule has 0 radical (unpaired) electrons. The van der Waals surface area contributed by atoms with Gasteiger partial charge in [0.1, 0.15) is 11.5 Å². The largest absolute Gasteiger partial charge is 0.507 e. The highest BCUT2D eigenvalue weighted by atomic mass is 16.5. The fourth-order valence-electron chi connectivity index (χ4n) is 5.33. The molecule has 0 bridgehead atoms. The number of methoxy groups -OCH3 is 3. The van der Waals surface area contributed by atoms with Crippen LogP contribution in [0.15, 0.2) is 42.0 Å². The minimum absolute atomic E-state index is 0.0633. The normalized spacial score (nSPS) is 20.1. The number of para-hydroxylation sites is 1. The zero-order valence-electron chi connectivity index (χ0n) is 21.0. The van der Waals surface area contributed by atoms with Crippen molar-refractivity contribution in [3.05, 3.63) is 58.7 Å². The number of nitrogens with zero attached hydrogens (tertiary/aromatic N) is 1. The lowest BCUT2D eigenvalue weighted by Gasteiger charge is -2.31. The van der Waals surface area contributed by atoms with Crippen molar-refractivity contribution in [2.45, 2.75) is 57.5 Å². The first kappa shape index (κ1) is 24.6. The highest BCUT2D eigenvalue weighted by Gasteiger charge is 2.50. The van der Waals surface area contributed by atoms with E-state index in [0.29, 0.717) is 28.4 Å². The smallest absolute Gasteiger partial charge is 0.295 e. The summed E-state index contributed by atoms with van der Waals surface area (Å²) in [5, 5.41) is 11.5. The Balaban J connectivity index is 1.96. The Morgan fingerprint density at radius 2 is 1.66 bits per heavy atom. The third kappa shape index (κ3) is 4.24. The van der Waals surface area contributed by atoms with Crippen LogP contribution in [0.3, 0.4) is 0 Å². The Kier molecular flexibility index (Phi) is 7.05. The van der Waals surface area contributed by atoms with Gasteiger partial charge < -0.3 is 24.2 Å². The minimum Gasteiger partial charge on any atom is -0.507 e. The molecule has 1 aliphatic heterocycles. The van der Waals surface area contributed by atoms with Crippen molar-refractivity contribution < 1.29 is 28.9 Å². The van der Waals surface area contributed by atoms with Crippen LogP contribution >= 0.6 is 0 Å². The van der Waals surface area contributed by atoms with Crippen molar-refractivity contribution in [1.29, 1.82) is 0 Å². The number of ether oxygens (including phenoxy) is 3. The molecule has 2 aliphatic rings. The van der Waals surface area contributed by atoms with Crippen molar-refractivity contribution >= 4 is 17.4 Å². The van der Waals surface area contributed by atoms with E-state index in [1.807, 2.05) is 26.0 Å². The van der Waals surface area contributed by atoms with E-state index >= 15 is 0 Å². The van der Waals surface area contributed by atoms with E-state index < -0.39 is 17.7 Å². The summed E-state index contributed by atoms with van der Waals surface area (Å²) in [5.74, 6) is 0.282. The molecule has 1 unspecified atom stereocenters. The van der Waals surface area contributed by atoms with E-state index in [2.05, 4.69) is 0 Å². The number of likely N-dealkylation sites (tertiary alicyclic amines) is 1. The van der Waals surface area contributed by atoms with Crippen LogP contribution in [0.2, 0.25) is 0 Å². The van der Waals surface area contributed by atoms with E-state index in [1.54, 1.807) is 43.4 Å². The molecule has 1 N–H and O–H groups in total. The quantitative estimate of drug-likeness (QED) is 0.334.